The van der Waals surface area contributed by atoms with E-state index < -0.39 is 12.0 Å². The third kappa shape index (κ3) is 3.84. The summed E-state index contributed by atoms with van der Waals surface area (Å²) < 4.78 is 6.59. The number of nitrogens with zero attached hydrogens (tertiary/aromatic N) is 1. The molecule has 0 bridgehead atoms. The lowest BCUT2D eigenvalue weighted by molar-refractivity contribution is -0.887. The molecular weight excluding hydrogens is 345 g/mol. The molecule has 1 aromatic rings. The Bertz CT molecular complexity index is 440. The fourth-order valence-corrected chi connectivity index (χ4v) is 2.55. The molecule has 100 valence electrons. The van der Waals surface area contributed by atoms with Crippen molar-refractivity contribution in [3.8, 4) is 5.75 Å². The molecule has 1 rings (SSSR count). The normalized spacial score (nSPS) is 13.2. The van der Waals surface area contributed by atoms with Gasteiger partial charge in [0.05, 0.1) is 31.8 Å². The van der Waals surface area contributed by atoms with Crippen LogP contribution in [0.25, 0.3) is 0 Å². The molecule has 1 aromatic carbocycles. The second-order valence-electron chi connectivity index (χ2n) is 5.14. The summed E-state index contributed by atoms with van der Waals surface area (Å²) in [5.41, 5.74) is 1.01. The van der Waals surface area contributed by atoms with Gasteiger partial charge in [0.15, 0.2) is 6.04 Å². The highest BCUT2D eigenvalue weighted by molar-refractivity contribution is 14.1. The van der Waals surface area contributed by atoms with Crippen molar-refractivity contribution < 1.29 is 19.1 Å². The van der Waals surface area contributed by atoms with Crippen LogP contribution in [0.5, 0.6) is 5.75 Å². The van der Waals surface area contributed by atoms with Crippen LogP contribution < -0.4 is 4.74 Å². The minimum absolute atomic E-state index is 0.401. The maximum absolute atomic E-state index is 11.3. The molecule has 1 atom stereocenters. The van der Waals surface area contributed by atoms with E-state index in [0.717, 1.165) is 14.9 Å². The first-order valence-electron chi connectivity index (χ1n) is 5.62. The van der Waals surface area contributed by atoms with E-state index in [1.165, 1.54) is 0 Å². The Hall–Kier alpha value is -0.820. The van der Waals surface area contributed by atoms with Crippen LogP contribution in [-0.2, 0) is 11.2 Å². The Labute approximate surface area is 121 Å². The molecule has 0 spiro atoms. The first-order valence-corrected chi connectivity index (χ1v) is 6.70. The lowest BCUT2D eigenvalue weighted by Crippen LogP contribution is -2.51. The lowest BCUT2D eigenvalue weighted by Gasteiger charge is -2.31. The van der Waals surface area contributed by atoms with E-state index in [9.17, 15) is 9.90 Å². The van der Waals surface area contributed by atoms with Gasteiger partial charge in [-0.1, -0.05) is 6.07 Å². The van der Waals surface area contributed by atoms with Gasteiger partial charge in [0, 0.05) is 6.42 Å². The summed E-state index contributed by atoms with van der Waals surface area (Å²) in [6, 6.07) is 5.33. The SMILES string of the molecule is COc1ccc(CC(C(=O)O)[N+](C)(C)C)cc1I. The fourth-order valence-electron chi connectivity index (χ4n) is 1.75. The van der Waals surface area contributed by atoms with Gasteiger partial charge in [-0.05, 0) is 40.3 Å². The zero-order valence-electron chi connectivity index (χ0n) is 11.1. The van der Waals surface area contributed by atoms with Crippen LogP contribution in [0.1, 0.15) is 5.56 Å². The zero-order chi connectivity index (χ0) is 13.9. The quantitative estimate of drug-likeness (QED) is 0.642. The zero-order valence-corrected chi connectivity index (χ0v) is 13.3. The van der Waals surface area contributed by atoms with Crippen LogP contribution >= 0.6 is 22.6 Å². The predicted octanol–water partition coefficient (Wildman–Crippen LogP) is 2.00. The van der Waals surface area contributed by atoms with E-state index in [1.807, 2.05) is 39.3 Å². The summed E-state index contributed by atoms with van der Waals surface area (Å²) in [5, 5.41) is 9.30. The van der Waals surface area contributed by atoms with E-state index in [0.29, 0.717) is 10.9 Å². The number of benzene rings is 1. The molecule has 1 unspecified atom stereocenters. The highest BCUT2D eigenvalue weighted by Crippen LogP contribution is 2.23. The van der Waals surface area contributed by atoms with Crippen molar-refractivity contribution in [1.82, 2.24) is 0 Å². The van der Waals surface area contributed by atoms with E-state index >= 15 is 0 Å². The third-order valence-corrected chi connectivity index (χ3v) is 3.71. The summed E-state index contributed by atoms with van der Waals surface area (Å²) >= 11 is 2.19. The first-order chi connectivity index (χ1) is 8.25. The van der Waals surface area contributed by atoms with Crippen molar-refractivity contribution in [1.29, 1.82) is 0 Å². The van der Waals surface area contributed by atoms with Crippen LogP contribution in [0.4, 0.5) is 0 Å². The van der Waals surface area contributed by atoms with Gasteiger partial charge in [0.1, 0.15) is 5.75 Å². The first kappa shape index (κ1) is 15.2. The van der Waals surface area contributed by atoms with Gasteiger partial charge < -0.3 is 14.3 Å². The number of rotatable bonds is 5. The Balaban J connectivity index is 2.95. The second kappa shape index (κ2) is 5.88. The van der Waals surface area contributed by atoms with E-state index in [1.54, 1.807) is 7.11 Å². The Morgan fingerprint density at radius 2 is 2.06 bits per heavy atom. The Kier molecular flexibility index (Phi) is 4.98. The molecule has 0 saturated heterocycles. The van der Waals surface area contributed by atoms with Gasteiger partial charge in [-0.2, -0.15) is 0 Å². The Morgan fingerprint density at radius 3 is 2.44 bits per heavy atom. The van der Waals surface area contributed by atoms with Gasteiger partial charge in [0.2, 0.25) is 0 Å². The molecule has 5 heteroatoms. The number of quaternary nitrogens is 1. The minimum atomic E-state index is -0.770. The smallest absolute Gasteiger partial charge is 0.362 e. The predicted molar refractivity (Wildman–Crippen MR) is 78.9 cm³/mol. The van der Waals surface area contributed by atoms with Crippen LogP contribution in [0.2, 0.25) is 0 Å². The van der Waals surface area contributed by atoms with Crippen molar-refractivity contribution in [2.24, 2.45) is 0 Å². The van der Waals surface area contributed by atoms with E-state index in [4.69, 9.17) is 4.74 Å². The maximum Gasteiger partial charge on any atom is 0.362 e. The summed E-state index contributed by atoms with van der Waals surface area (Å²) in [5.74, 6) is 0.0461. The number of likely N-dealkylation sites (N-methyl/N-ethyl adjacent to an activating group) is 1. The molecule has 0 aliphatic rings. The molecule has 0 fully saturated rings. The number of carbonyl (C=O) groups is 1. The third-order valence-electron chi connectivity index (χ3n) is 2.87. The number of hydrogen-bond acceptors (Lipinski definition) is 2. The van der Waals surface area contributed by atoms with Gasteiger partial charge >= 0.3 is 5.97 Å². The highest BCUT2D eigenvalue weighted by Gasteiger charge is 2.31. The lowest BCUT2D eigenvalue weighted by atomic mass is 10.0. The van der Waals surface area contributed by atoms with Crippen molar-refractivity contribution >= 4 is 28.6 Å². The summed E-state index contributed by atoms with van der Waals surface area (Å²) in [6.07, 6.45) is 0.513. The number of carboxylic acids is 1. The number of aliphatic carboxylic acids is 1. The number of ether oxygens (including phenoxy) is 1. The number of halogens is 1. The highest BCUT2D eigenvalue weighted by atomic mass is 127. The summed E-state index contributed by atoms with van der Waals surface area (Å²) in [6.45, 7) is 0. The van der Waals surface area contributed by atoms with Gasteiger partial charge in [-0.15, -0.1) is 0 Å². The molecule has 0 amide bonds. The molecular formula is C13H19INO3+. The molecule has 0 heterocycles. The Morgan fingerprint density at radius 1 is 1.44 bits per heavy atom. The standard InChI is InChI=1S/C13H18INO3/c1-15(2,3)11(13(16)17)8-9-5-6-12(18-4)10(14)7-9/h5-7,11H,8H2,1-4H3/p+1. The van der Waals surface area contributed by atoms with Gasteiger partial charge in [0.25, 0.3) is 0 Å². The minimum Gasteiger partial charge on any atom is -0.496 e. The van der Waals surface area contributed by atoms with Crippen molar-refractivity contribution in [2.75, 3.05) is 28.3 Å². The van der Waals surface area contributed by atoms with Crippen molar-refractivity contribution in [3.63, 3.8) is 0 Å². The largest absolute Gasteiger partial charge is 0.496 e. The van der Waals surface area contributed by atoms with Gasteiger partial charge in [-0.25, -0.2) is 4.79 Å². The van der Waals surface area contributed by atoms with Crippen molar-refractivity contribution in [2.45, 2.75) is 12.5 Å². The topological polar surface area (TPSA) is 46.5 Å². The average molecular weight is 364 g/mol. The van der Waals surface area contributed by atoms with Crippen LogP contribution in [0, 0.1) is 3.57 Å². The average Bonchev–Trinajstić information content (AvgIpc) is 2.24. The molecule has 0 radical (unpaired) electrons. The molecule has 4 nitrogen and oxygen atoms in total. The number of carboxylic acid groups (broad SMARTS) is 1. The summed E-state index contributed by atoms with van der Waals surface area (Å²) in [7, 11) is 7.32. The fraction of sp³-hybridized carbons (Fsp3) is 0.462. The van der Waals surface area contributed by atoms with Crippen LogP contribution in [-0.4, -0.2) is 49.9 Å². The van der Waals surface area contributed by atoms with E-state index in [-0.39, 0.29) is 0 Å². The number of methoxy groups -OCH3 is 1. The molecule has 0 aliphatic carbocycles. The van der Waals surface area contributed by atoms with Crippen LogP contribution in [0.3, 0.4) is 0 Å². The molecule has 1 N–H and O–H groups in total. The van der Waals surface area contributed by atoms with Crippen LogP contribution in [0.15, 0.2) is 18.2 Å². The monoisotopic (exact) mass is 364 g/mol. The molecule has 0 aliphatic heterocycles. The molecule has 18 heavy (non-hydrogen) atoms. The summed E-state index contributed by atoms with van der Waals surface area (Å²) in [4.78, 5) is 11.3. The molecule has 0 aromatic heterocycles. The molecule has 0 saturated carbocycles. The number of hydrogen-bond donors (Lipinski definition) is 1. The van der Waals surface area contributed by atoms with Crippen molar-refractivity contribution in [3.05, 3.63) is 27.3 Å². The second-order valence-corrected chi connectivity index (χ2v) is 6.31. The van der Waals surface area contributed by atoms with Gasteiger partial charge in [-0.3, -0.25) is 0 Å². The maximum atomic E-state index is 11.3. The van der Waals surface area contributed by atoms with E-state index in [2.05, 4.69) is 22.6 Å².